The lowest BCUT2D eigenvalue weighted by Crippen LogP contribution is -2.48. The minimum absolute atomic E-state index is 0.0525. The Balaban J connectivity index is 1.09. The predicted octanol–water partition coefficient (Wildman–Crippen LogP) is 9.52. The number of carbonyl (C=O) groups excluding carboxylic acids is 2. The molecule has 0 aromatic rings. The molecule has 0 spiro atoms. The normalized spacial score (nSPS) is 32.9. The van der Waals surface area contributed by atoms with Gasteiger partial charge in [-0.3, -0.25) is 9.59 Å². The Morgan fingerprint density at radius 2 is 1.46 bits per heavy atom. The summed E-state index contributed by atoms with van der Waals surface area (Å²) in [7, 11) is 0. The van der Waals surface area contributed by atoms with Crippen LogP contribution < -0.4 is 0 Å². The van der Waals surface area contributed by atoms with Crippen LogP contribution in [0.4, 0.5) is 0 Å². The van der Waals surface area contributed by atoms with Gasteiger partial charge in [0.25, 0.3) is 0 Å². The number of allylic oxidation sites excluding steroid dienone is 1. The Kier molecular flexibility index (Phi) is 11.2. The molecule has 0 heterocycles. The van der Waals surface area contributed by atoms with E-state index in [1.54, 1.807) is 0 Å². The molecule has 3 heteroatoms. The predicted molar refractivity (Wildman–Crippen MR) is 152 cm³/mol. The lowest BCUT2D eigenvalue weighted by atomic mass is 9.52. The second kappa shape index (κ2) is 14.3. The standard InChI is InChI=1S/C34H56O3/c1-3-4-5-6-7-8-9-10-11-12-13-14-15-16-33(36)37-32-22-21-31-30-19-17-26-25-27(35)18-20-28(26)29(30)23-24-34(31,32)2/h25,28-32H,3-24H2,1-2H3/t28-,29+,30+,31-,32-,34-/m0/s1. The third kappa shape index (κ3) is 7.51. The van der Waals surface area contributed by atoms with Gasteiger partial charge in [0.1, 0.15) is 6.10 Å². The average Bonchev–Trinajstić information content (AvgIpc) is 3.22. The van der Waals surface area contributed by atoms with Gasteiger partial charge in [-0.1, -0.05) is 96.5 Å². The molecule has 0 radical (unpaired) electrons. The summed E-state index contributed by atoms with van der Waals surface area (Å²) in [5, 5.41) is 0. The SMILES string of the molecule is CCCCCCCCCCCCCCCC(=O)O[C@H]1CC[C@H]2[C@@H]3CCC4=CC(=O)CC[C@@H]4[C@H]3CC[C@]12C. The first-order chi connectivity index (χ1) is 18.0. The van der Waals surface area contributed by atoms with Gasteiger partial charge in [0.2, 0.25) is 0 Å². The molecule has 0 bridgehead atoms. The van der Waals surface area contributed by atoms with Crippen LogP contribution in [0.1, 0.15) is 155 Å². The first-order valence-corrected chi connectivity index (χ1v) is 16.5. The molecule has 0 aromatic heterocycles. The zero-order chi connectivity index (χ0) is 26.1. The molecule has 3 fully saturated rings. The molecule has 3 nitrogen and oxygen atoms in total. The summed E-state index contributed by atoms with van der Waals surface area (Å²) < 4.78 is 6.20. The number of hydrogen-bond acceptors (Lipinski definition) is 3. The van der Waals surface area contributed by atoms with Crippen molar-refractivity contribution in [1.29, 1.82) is 0 Å². The van der Waals surface area contributed by atoms with E-state index in [0.29, 0.717) is 24.0 Å². The fourth-order valence-electron chi connectivity index (χ4n) is 8.83. The highest BCUT2D eigenvalue weighted by molar-refractivity contribution is 5.91. The van der Waals surface area contributed by atoms with E-state index >= 15 is 0 Å². The first kappa shape index (κ1) is 28.9. The fraction of sp³-hybridized carbons (Fsp3) is 0.882. The van der Waals surface area contributed by atoms with Crippen LogP contribution in [0, 0.1) is 29.1 Å². The minimum Gasteiger partial charge on any atom is -0.462 e. The van der Waals surface area contributed by atoms with E-state index in [1.165, 1.54) is 108 Å². The summed E-state index contributed by atoms with van der Waals surface area (Å²) in [6.45, 7) is 4.71. The van der Waals surface area contributed by atoms with Crippen molar-refractivity contribution in [2.45, 2.75) is 161 Å². The van der Waals surface area contributed by atoms with Gasteiger partial charge in [0, 0.05) is 18.3 Å². The van der Waals surface area contributed by atoms with Crippen LogP contribution >= 0.6 is 0 Å². The zero-order valence-corrected chi connectivity index (χ0v) is 24.2. The quantitative estimate of drug-likeness (QED) is 0.162. The third-order valence-corrected chi connectivity index (χ3v) is 11.0. The molecule has 4 aliphatic rings. The molecular weight excluding hydrogens is 456 g/mol. The Bertz CT molecular complexity index is 769. The molecule has 6 atom stereocenters. The van der Waals surface area contributed by atoms with Gasteiger partial charge >= 0.3 is 5.97 Å². The number of esters is 1. The topological polar surface area (TPSA) is 43.4 Å². The van der Waals surface area contributed by atoms with Crippen molar-refractivity contribution in [3.8, 4) is 0 Å². The van der Waals surface area contributed by atoms with Crippen LogP contribution in [0.2, 0.25) is 0 Å². The number of ketones is 1. The van der Waals surface area contributed by atoms with Crippen LogP contribution in [0.3, 0.4) is 0 Å². The Labute approximate surface area is 228 Å². The van der Waals surface area contributed by atoms with E-state index in [4.69, 9.17) is 4.74 Å². The summed E-state index contributed by atoms with van der Waals surface area (Å²) >= 11 is 0. The number of fused-ring (bicyclic) bond motifs is 5. The van der Waals surface area contributed by atoms with Gasteiger partial charge in [-0.25, -0.2) is 0 Å². The Morgan fingerprint density at radius 1 is 0.811 bits per heavy atom. The Morgan fingerprint density at radius 3 is 2.14 bits per heavy atom. The second-order valence-corrected chi connectivity index (χ2v) is 13.4. The van der Waals surface area contributed by atoms with Crippen molar-refractivity contribution in [3.05, 3.63) is 11.6 Å². The number of ether oxygens (including phenoxy) is 1. The van der Waals surface area contributed by atoms with Gasteiger partial charge in [-0.15, -0.1) is 0 Å². The molecule has 0 saturated heterocycles. The maximum absolute atomic E-state index is 12.8. The molecule has 0 N–H and O–H groups in total. The highest BCUT2D eigenvalue weighted by Crippen LogP contribution is 2.62. The number of hydrogen-bond donors (Lipinski definition) is 0. The van der Waals surface area contributed by atoms with Gasteiger partial charge in [0.05, 0.1) is 0 Å². The van der Waals surface area contributed by atoms with Crippen molar-refractivity contribution in [2.24, 2.45) is 29.1 Å². The van der Waals surface area contributed by atoms with E-state index in [0.717, 1.165) is 43.9 Å². The lowest BCUT2D eigenvalue weighted by molar-refractivity contribution is -0.159. The number of unbranched alkanes of at least 4 members (excludes halogenated alkanes) is 12. The van der Waals surface area contributed by atoms with E-state index in [-0.39, 0.29) is 17.5 Å². The summed E-state index contributed by atoms with van der Waals surface area (Å²) in [5.41, 5.74) is 1.62. The minimum atomic E-state index is 0.0525. The molecule has 0 aliphatic heterocycles. The van der Waals surface area contributed by atoms with Crippen LogP contribution in [0.25, 0.3) is 0 Å². The molecule has 3 saturated carbocycles. The number of rotatable bonds is 15. The molecule has 0 aromatic carbocycles. The summed E-state index contributed by atoms with van der Waals surface area (Å²) in [6.07, 6.45) is 28.9. The van der Waals surface area contributed by atoms with Crippen molar-refractivity contribution in [3.63, 3.8) is 0 Å². The first-order valence-electron chi connectivity index (χ1n) is 16.5. The molecule has 4 aliphatic carbocycles. The largest absolute Gasteiger partial charge is 0.462 e. The smallest absolute Gasteiger partial charge is 0.306 e. The summed E-state index contributed by atoms with van der Waals surface area (Å²) in [4.78, 5) is 24.7. The van der Waals surface area contributed by atoms with E-state index in [9.17, 15) is 9.59 Å². The molecular formula is C34H56O3. The molecule has 0 amide bonds. The van der Waals surface area contributed by atoms with Gasteiger partial charge < -0.3 is 4.74 Å². The van der Waals surface area contributed by atoms with E-state index < -0.39 is 0 Å². The fourth-order valence-corrected chi connectivity index (χ4v) is 8.83. The van der Waals surface area contributed by atoms with Crippen molar-refractivity contribution in [1.82, 2.24) is 0 Å². The molecule has 210 valence electrons. The summed E-state index contributed by atoms with van der Waals surface area (Å²) in [6, 6.07) is 0. The highest BCUT2D eigenvalue weighted by Gasteiger charge is 2.57. The van der Waals surface area contributed by atoms with Crippen molar-refractivity contribution in [2.75, 3.05) is 0 Å². The van der Waals surface area contributed by atoms with E-state index in [2.05, 4.69) is 13.8 Å². The van der Waals surface area contributed by atoms with Crippen molar-refractivity contribution < 1.29 is 14.3 Å². The summed E-state index contributed by atoms with van der Waals surface area (Å²) in [5.74, 6) is 3.27. The molecule has 37 heavy (non-hydrogen) atoms. The third-order valence-electron chi connectivity index (χ3n) is 11.0. The van der Waals surface area contributed by atoms with Crippen molar-refractivity contribution >= 4 is 11.8 Å². The zero-order valence-electron chi connectivity index (χ0n) is 24.2. The Hall–Kier alpha value is -1.12. The maximum atomic E-state index is 12.8. The molecule has 4 rings (SSSR count). The van der Waals surface area contributed by atoms with Gasteiger partial charge in [-0.2, -0.15) is 0 Å². The van der Waals surface area contributed by atoms with E-state index in [1.807, 2.05) is 6.08 Å². The molecule has 0 unspecified atom stereocenters. The lowest BCUT2D eigenvalue weighted by Gasteiger charge is -2.53. The van der Waals surface area contributed by atoms with Gasteiger partial charge in [-0.05, 0) is 81.1 Å². The monoisotopic (exact) mass is 512 g/mol. The number of carbonyl (C=O) groups is 2. The highest BCUT2D eigenvalue weighted by atomic mass is 16.5. The van der Waals surface area contributed by atoms with Gasteiger partial charge in [0.15, 0.2) is 5.78 Å². The van der Waals surface area contributed by atoms with Crippen LogP contribution in [0.15, 0.2) is 11.6 Å². The van der Waals surface area contributed by atoms with Crippen LogP contribution in [-0.2, 0) is 14.3 Å². The van der Waals surface area contributed by atoms with Crippen LogP contribution in [0.5, 0.6) is 0 Å². The maximum Gasteiger partial charge on any atom is 0.306 e. The average molecular weight is 513 g/mol. The van der Waals surface area contributed by atoms with Crippen LogP contribution in [-0.4, -0.2) is 17.9 Å². The second-order valence-electron chi connectivity index (χ2n) is 13.4.